The number of carbonyl (C=O) groups excluding carboxylic acids is 1. The summed E-state index contributed by atoms with van der Waals surface area (Å²) < 4.78 is 34.6. The number of aryl methyl sites for hydroxylation is 1. The fraction of sp³-hybridized carbons (Fsp3) is 0.286. The standard InChI is InChI=1S/C21H25FN6O3S/c1-21(2)27-19(23)26-20(24)28(21)16-10-6-14(7-11-16)4-3-5-18(29)25-15-8-12-17(13-9-15)32(22,30)31/h6-13H,3-5H2,1-2H3,(H,25,29)(H4,23,24,26,27). The lowest BCUT2D eigenvalue weighted by molar-refractivity contribution is -0.116. The molecule has 0 aromatic heterocycles. The van der Waals surface area contributed by atoms with Crippen molar-refractivity contribution in [3.8, 4) is 0 Å². The first-order chi connectivity index (χ1) is 15.0. The minimum absolute atomic E-state index is 0.141. The van der Waals surface area contributed by atoms with E-state index in [1.807, 2.05) is 38.1 Å². The normalized spacial score (nSPS) is 15.7. The van der Waals surface area contributed by atoms with Crippen molar-refractivity contribution in [3.05, 3.63) is 54.1 Å². The first kappa shape index (κ1) is 23.2. The van der Waals surface area contributed by atoms with Gasteiger partial charge in [-0.3, -0.25) is 9.69 Å². The summed E-state index contributed by atoms with van der Waals surface area (Å²) in [6, 6.07) is 12.6. The van der Waals surface area contributed by atoms with Crippen molar-refractivity contribution in [1.29, 1.82) is 0 Å². The molecule has 1 aliphatic rings. The SMILES string of the molecule is CC1(C)N=C(N)N=C(N)N1c1ccc(CCCC(=O)Nc2ccc(S(=O)(=O)F)cc2)cc1. The van der Waals surface area contributed by atoms with Crippen LogP contribution in [-0.4, -0.2) is 31.9 Å². The molecule has 2 aromatic rings. The molecule has 11 heteroatoms. The van der Waals surface area contributed by atoms with E-state index in [4.69, 9.17) is 11.5 Å². The van der Waals surface area contributed by atoms with Crippen molar-refractivity contribution in [1.82, 2.24) is 0 Å². The number of anilines is 2. The van der Waals surface area contributed by atoms with Gasteiger partial charge in [-0.25, -0.2) is 4.99 Å². The lowest BCUT2D eigenvalue weighted by Gasteiger charge is -2.38. The van der Waals surface area contributed by atoms with Crippen LogP contribution in [0.25, 0.3) is 0 Å². The molecular formula is C21H25FN6O3S. The van der Waals surface area contributed by atoms with Crippen LogP contribution in [0.15, 0.2) is 63.4 Å². The van der Waals surface area contributed by atoms with Crippen LogP contribution in [-0.2, 0) is 21.4 Å². The number of amides is 1. The van der Waals surface area contributed by atoms with Gasteiger partial charge in [-0.1, -0.05) is 12.1 Å². The molecule has 0 bridgehead atoms. The van der Waals surface area contributed by atoms with E-state index < -0.39 is 20.8 Å². The second-order valence-corrected chi connectivity index (χ2v) is 9.15. The van der Waals surface area contributed by atoms with E-state index in [1.165, 1.54) is 12.1 Å². The van der Waals surface area contributed by atoms with Crippen LogP contribution < -0.4 is 21.7 Å². The van der Waals surface area contributed by atoms with Crippen molar-refractivity contribution in [3.63, 3.8) is 0 Å². The summed E-state index contributed by atoms with van der Waals surface area (Å²) in [5.74, 6) is 0.193. The Labute approximate surface area is 186 Å². The van der Waals surface area contributed by atoms with Gasteiger partial charge < -0.3 is 16.8 Å². The summed E-state index contributed by atoms with van der Waals surface area (Å²) in [7, 11) is -4.76. The Morgan fingerprint density at radius 2 is 1.72 bits per heavy atom. The minimum Gasteiger partial charge on any atom is -0.369 e. The van der Waals surface area contributed by atoms with E-state index in [1.54, 1.807) is 4.90 Å². The molecule has 0 spiro atoms. The lowest BCUT2D eigenvalue weighted by atomic mass is 10.1. The number of nitrogens with one attached hydrogen (secondary N) is 1. The third kappa shape index (κ3) is 5.61. The molecule has 0 aliphatic carbocycles. The molecule has 170 valence electrons. The zero-order valence-electron chi connectivity index (χ0n) is 17.7. The molecular weight excluding hydrogens is 435 g/mol. The second-order valence-electron chi connectivity index (χ2n) is 7.80. The highest BCUT2D eigenvalue weighted by atomic mass is 32.3. The Balaban J connectivity index is 1.52. The van der Waals surface area contributed by atoms with Crippen LogP contribution in [0.1, 0.15) is 32.3 Å². The number of rotatable bonds is 7. The van der Waals surface area contributed by atoms with E-state index in [9.17, 15) is 17.1 Å². The van der Waals surface area contributed by atoms with E-state index in [0.29, 0.717) is 18.5 Å². The summed E-state index contributed by atoms with van der Waals surface area (Å²) in [5, 5.41) is 2.66. The van der Waals surface area contributed by atoms with Crippen LogP contribution >= 0.6 is 0 Å². The predicted octanol–water partition coefficient (Wildman–Crippen LogP) is 2.49. The highest BCUT2D eigenvalue weighted by Gasteiger charge is 2.32. The Morgan fingerprint density at radius 3 is 2.28 bits per heavy atom. The van der Waals surface area contributed by atoms with E-state index in [0.717, 1.165) is 23.4 Å². The van der Waals surface area contributed by atoms with Gasteiger partial charge in [-0.2, -0.15) is 13.4 Å². The van der Waals surface area contributed by atoms with Gasteiger partial charge in [-0.05, 0) is 68.7 Å². The molecule has 5 N–H and O–H groups in total. The first-order valence-electron chi connectivity index (χ1n) is 9.89. The van der Waals surface area contributed by atoms with Gasteiger partial charge in [0, 0.05) is 17.8 Å². The van der Waals surface area contributed by atoms with Gasteiger partial charge in [0.15, 0.2) is 0 Å². The quantitative estimate of drug-likeness (QED) is 0.542. The third-order valence-corrected chi connectivity index (χ3v) is 5.71. The van der Waals surface area contributed by atoms with E-state index >= 15 is 0 Å². The molecule has 1 heterocycles. The van der Waals surface area contributed by atoms with Crippen LogP contribution in [0.3, 0.4) is 0 Å². The number of carbonyl (C=O) groups is 1. The van der Waals surface area contributed by atoms with Gasteiger partial charge >= 0.3 is 10.2 Å². The topological polar surface area (TPSA) is 143 Å². The van der Waals surface area contributed by atoms with Gasteiger partial charge in [0.05, 0.1) is 4.90 Å². The maximum Gasteiger partial charge on any atom is 0.332 e. The Bertz CT molecular complexity index is 1160. The fourth-order valence-corrected chi connectivity index (χ4v) is 3.90. The van der Waals surface area contributed by atoms with Gasteiger partial charge in [0.2, 0.25) is 17.8 Å². The molecule has 3 rings (SSSR count). The van der Waals surface area contributed by atoms with Crippen molar-refractivity contribution < 1.29 is 17.1 Å². The third-order valence-electron chi connectivity index (χ3n) is 4.88. The molecule has 0 unspecified atom stereocenters. The van der Waals surface area contributed by atoms with Crippen molar-refractivity contribution in [2.24, 2.45) is 21.5 Å². The van der Waals surface area contributed by atoms with Crippen LogP contribution in [0.4, 0.5) is 15.3 Å². The zero-order valence-corrected chi connectivity index (χ0v) is 18.6. The number of halogens is 1. The number of nitrogens with two attached hydrogens (primary N) is 2. The second kappa shape index (κ2) is 8.95. The van der Waals surface area contributed by atoms with E-state index in [-0.39, 0.29) is 24.2 Å². The fourth-order valence-electron chi connectivity index (χ4n) is 3.44. The average Bonchev–Trinajstić information content (AvgIpc) is 2.67. The minimum atomic E-state index is -4.76. The lowest BCUT2D eigenvalue weighted by Crippen LogP contribution is -2.54. The summed E-state index contributed by atoms with van der Waals surface area (Å²) in [5.41, 5.74) is 13.4. The molecule has 1 amide bonds. The summed E-state index contributed by atoms with van der Waals surface area (Å²) in [6.07, 6.45) is 1.57. The summed E-state index contributed by atoms with van der Waals surface area (Å²) in [4.78, 5) is 21.8. The Hall–Kier alpha value is -3.47. The highest BCUT2D eigenvalue weighted by Crippen LogP contribution is 2.27. The maximum absolute atomic E-state index is 12.9. The van der Waals surface area contributed by atoms with Crippen LogP contribution in [0, 0.1) is 0 Å². The molecule has 2 aromatic carbocycles. The molecule has 1 aliphatic heterocycles. The van der Waals surface area contributed by atoms with Crippen LogP contribution in [0.2, 0.25) is 0 Å². The summed E-state index contributed by atoms with van der Waals surface area (Å²) in [6.45, 7) is 3.77. The molecule has 0 radical (unpaired) electrons. The summed E-state index contributed by atoms with van der Waals surface area (Å²) >= 11 is 0. The molecule has 0 fully saturated rings. The smallest absolute Gasteiger partial charge is 0.332 e. The average molecular weight is 461 g/mol. The van der Waals surface area contributed by atoms with Crippen molar-refractivity contribution >= 4 is 39.4 Å². The number of benzene rings is 2. The van der Waals surface area contributed by atoms with Crippen LogP contribution in [0.5, 0.6) is 0 Å². The molecule has 9 nitrogen and oxygen atoms in total. The number of hydrogen-bond donors (Lipinski definition) is 3. The molecule has 0 atom stereocenters. The Kier molecular flexibility index (Phi) is 6.49. The largest absolute Gasteiger partial charge is 0.369 e. The van der Waals surface area contributed by atoms with Gasteiger partial charge in [0.1, 0.15) is 5.66 Å². The molecule has 0 saturated heterocycles. The van der Waals surface area contributed by atoms with Gasteiger partial charge in [-0.15, -0.1) is 3.89 Å². The van der Waals surface area contributed by atoms with Gasteiger partial charge in [0.25, 0.3) is 0 Å². The number of guanidine groups is 2. The molecule has 32 heavy (non-hydrogen) atoms. The number of aliphatic imine (C=N–C) groups is 2. The molecule has 0 saturated carbocycles. The first-order valence-corrected chi connectivity index (χ1v) is 11.3. The van der Waals surface area contributed by atoms with Crippen molar-refractivity contribution in [2.75, 3.05) is 10.2 Å². The number of hydrogen-bond acceptors (Lipinski definition) is 8. The zero-order chi connectivity index (χ0) is 23.5. The number of nitrogens with zero attached hydrogens (tertiary/aromatic N) is 3. The predicted molar refractivity (Wildman–Crippen MR) is 123 cm³/mol. The Morgan fingerprint density at radius 1 is 1.09 bits per heavy atom. The van der Waals surface area contributed by atoms with E-state index in [2.05, 4.69) is 15.3 Å². The monoisotopic (exact) mass is 460 g/mol. The highest BCUT2D eigenvalue weighted by molar-refractivity contribution is 7.86. The maximum atomic E-state index is 12.9. The van der Waals surface area contributed by atoms with Crippen molar-refractivity contribution in [2.45, 2.75) is 43.7 Å².